The van der Waals surface area contributed by atoms with Gasteiger partial charge < -0.3 is 46.3 Å². The fourth-order valence-electron chi connectivity index (χ4n) is 7.71. The number of aliphatic hydroxyl groups excluding tert-OH is 1. The number of nitrogens with zero attached hydrogens (tertiary/aromatic N) is 2. The standard InChI is InChI=1S/C39H54N8O9/c1-19(2)15-28-35(51)46-31(22(5)48)37(53)45-29(16-24-11-8-7-9-12-24)39(55)47-18-25(42-38(54)32-20(3)40-23(6)56-32)17-30(47)36(52)41-21(4)33(49)43-27-14-10-13-26(27)34(50)44-28/h7-9,11-12,19,21-22,25-31,48H,10,13-18H2,1-6H3,(H,41,52)(H,42,54)(H,43,49)(H,44,50)(H,45,53)(H,46,51)/t21-,22+,25+,26+,27+,28-,29-,30?,31-/m0/s1. The molecule has 0 bridgehead atoms. The Hall–Kier alpha value is -5.32. The summed E-state index contributed by atoms with van der Waals surface area (Å²) in [5.41, 5.74) is 1.03. The van der Waals surface area contributed by atoms with E-state index < -0.39 is 95.7 Å². The molecule has 5 rings (SSSR count). The van der Waals surface area contributed by atoms with Gasteiger partial charge in [-0.15, -0.1) is 0 Å². The maximum atomic E-state index is 14.7. The fraction of sp³-hybridized carbons (Fsp3) is 0.590. The first kappa shape index (κ1) is 41.8. The molecule has 2 aliphatic heterocycles. The van der Waals surface area contributed by atoms with Gasteiger partial charge in [0.1, 0.15) is 30.2 Å². The zero-order valence-corrected chi connectivity index (χ0v) is 32.7. The van der Waals surface area contributed by atoms with E-state index in [1.807, 2.05) is 13.8 Å². The van der Waals surface area contributed by atoms with Crippen molar-refractivity contribution in [3.8, 4) is 0 Å². The van der Waals surface area contributed by atoms with Crippen molar-refractivity contribution in [1.82, 2.24) is 41.8 Å². The second-order valence-electron chi connectivity index (χ2n) is 15.6. The Morgan fingerprint density at radius 1 is 0.893 bits per heavy atom. The molecule has 1 unspecified atom stereocenters. The summed E-state index contributed by atoms with van der Waals surface area (Å²) in [5, 5.41) is 27.4. The number of rotatable bonds is 7. The van der Waals surface area contributed by atoms with Crippen molar-refractivity contribution < 1.29 is 43.1 Å². The van der Waals surface area contributed by atoms with Crippen LogP contribution in [0, 0.1) is 25.7 Å². The van der Waals surface area contributed by atoms with Gasteiger partial charge in [0.25, 0.3) is 5.91 Å². The molecule has 1 aliphatic carbocycles. The monoisotopic (exact) mass is 778 g/mol. The molecule has 17 nitrogen and oxygen atoms in total. The highest BCUT2D eigenvalue weighted by Gasteiger charge is 2.45. The molecular weight excluding hydrogens is 724 g/mol. The van der Waals surface area contributed by atoms with E-state index >= 15 is 0 Å². The summed E-state index contributed by atoms with van der Waals surface area (Å²) in [6.07, 6.45) is 0.321. The third kappa shape index (κ3) is 10.1. The van der Waals surface area contributed by atoms with Crippen LogP contribution in [0.5, 0.6) is 0 Å². The number of fused-ring (bicyclic) bond motifs is 2. The maximum Gasteiger partial charge on any atom is 0.289 e. The Balaban J connectivity index is 1.52. The Labute approximate surface area is 325 Å². The van der Waals surface area contributed by atoms with Gasteiger partial charge in [-0.2, -0.15) is 0 Å². The molecule has 1 aromatic heterocycles. The maximum absolute atomic E-state index is 14.7. The molecule has 3 fully saturated rings. The van der Waals surface area contributed by atoms with Gasteiger partial charge in [0.05, 0.1) is 17.7 Å². The summed E-state index contributed by atoms with van der Waals surface area (Å²) in [6.45, 7) is 9.64. The number of oxazole rings is 1. The molecule has 56 heavy (non-hydrogen) atoms. The predicted octanol–water partition coefficient (Wildman–Crippen LogP) is -0.0821. The molecule has 0 spiro atoms. The normalized spacial score (nSPS) is 28.8. The Bertz CT molecular complexity index is 1800. The second kappa shape index (κ2) is 18.1. The smallest absolute Gasteiger partial charge is 0.289 e. The van der Waals surface area contributed by atoms with Crippen molar-refractivity contribution >= 4 is 41.4 Å². The van der Waals surface area contributed by atoms with Crippen molar-refractivity contribution in [3.05, 3.63) is 53.2 Å². The summed E-state index contributed by atoms with van der Waals surface area (Å²) in [5.74, 6) is -4.91. The average molecular weight is 779 g/mol. The Morgan fingerprint density at radius 3 is 2.23 bits per heavy atom. The van der Waals surface area contributed by atoms with Gasteiger partial charge in [-0.3, -0.25) is 33.6 Å². The number of aromatic nitrogens is 1. The zero-order valence-electron chi connectivity index (χ0n) is 32.7. The molecule has 7 amide bonds. The van der Waals surface area contributed by atoms with E-state index in [2.05, 4.69) is 36.9 Å². The zero-order chi connectivity index (χ0) is 40.8. The van der Waals surface area contributed by atoms with Crippen LogP contribution in [-0.2, 0) is 35.2 Å². The third-order valence-corrected chi connectivity index (χ3v) is 10.6. The summed E-state index contributed by atoms with van der Waals surface area (Å²) in [7, 11) is 0. The number of aryl methyl sites for hydroxylation is 2. The van der Waals surface area contributed by atoms with Crippen LogP contribution >= 0.6 is 0 Å². The van der Waals surface area contributed by atoms with E-state index in [0.717, 1.165) is 0 Å². The van der Waals surface area contributed by atoms with Crippen molar-refractivity contribution in [3.63, 3.8) is 0 Å². The van der Waals surface area contributed by atoms with Gasteiger partial charge >= 0.3 is 0 Å². The molecule has 304 valence electrons. The number of hydrogen-bond acceptors (Lipinski definition) is 10. The van der Waals surface area contributed by atoms with Crippen LogP contribution in [0.1, 0.15) is 87.5 Å². The molecule has 17 heteroatoms. The van der Waals surface area contributed by atoms with E-state index in [4.69, 9.17) is 4.42 Å². The minimum Gasteiger partial charge on any atom is -0.436 e. The molecule has 3 heterocycles. The number of hydrogen-bond donors (Lipinski definition) is 7. The van der Waals surface area contributed by atoms with E-state index in [-0.39, 0.29) is 43.4 Å². The molecular formula is C39H54N8O9. The minimum absolute atomic E-state index is 0.0123. The number of amides is 7. The van der Waals surface area contributed by atoms with Crippen LogP contribution in [0.4, 0.5) is 0 Å². The largest absolute Gasteiger partial charge is 0.436 e. The van der Waals surface area contributed by atoms with Gasteiger partial charge in [0.2, 0.25) is 41.2 Å². The lowest BCUT2D eigenvalue weighted by Gasteiger charge is -2.31. The molecule has 1 aromatic carbocycles. The third-order valence-electron chi connectivity index (χ3n) is 10.6. The summed E-state index contributed by atoms with van der Waals surface area (Å²) in [4.78, 5) is 102. The van der Waals surface area contributed by atoms with Crippen LogP contribution in [0.25, 0.3) is 0 Å². The lowest BCUT2D eigenvalue weighted by molar-refractivity contribution is -0.143. The van der Waals surface area contributed by atoms with E-state index in [1.165, 1.54) is 18.7 Å². The SMILES string of the molecule is Cc1nc(C)c(C(=O)N[C@@H]2CC3C(=O)N[C@@H](C)C(=O)N[C@@H]4CCC[C@H]4C(=O)N[C@@H](CC(C)C)C(=O)N[C@@H]([C@@H](C)O)C(=O)N[C@@H](Cc4ccccc4)C(=O)N3C2)o1. The quantitative estimate of drug-likeness (QED) is 0.197. The first-order chi connectivity index (χ1) is 26.5. The van der Waals surface area contributed by atoms with Crippen LogP contribution in [0.3, 0.4) is 0 Å². The first-order valence-corrected chi connectivity index (χ1v) is 19.3. The van der Waals surface area contributed by atoms with Gasteiger partial charge in [0, 0.05) is 32.0 Å². The molecule has 7 N–H and O–H groups in total. The van der Waals surface area contributed by atoms with E-state index in [9.17, 15) is 38.7 Å². The number of carbonyl (C=O) groups is 7. The number of nitrogens with one attached hydrogen (secondary N) is 6. The van der Waals surface area contributed by atoms with Crippen molar-refractivity contribution in [2.75, 3.05) is 6.54 Å². The van der Waals surface area contributed by atoms with Crippen LogP contribution in [0.2, 0.25) is 0 Å². The lowest BCUT2D eigenvalue weighted by Crippen LogP contribution is -2.61. The number of benzene rings is 1. The van der Waals surface area contributed by atoms with Gasteiger partial charge in [-0.05, 0) is 57.9 Å². The molecule has 3 aliphatic rings. The summed E-state index contributed by atoms with van der Waals surface area (Å²) in [6, 6.07) is 1.34. The molecule has 2 saturated heterocycles. The Kier molecular flexibility index (Phi) is 13.5. The number of carbonyl (C=O) groups excluding carboxylic acids is 7. The van der Waals surface area contributed by atoms with E-state index in [0.29, 0.717) is 30.5 Å². The highest BCUT2D eigenvalue weighted by Crippen LogP contribution is 2.27. The van der Waals surface area contributed by atoms with Crippen molar-refractivity contribution in [2.24, 2.45) is 11.8 Å². The van der Waals surface area contributed by atoms with Crippen LogP contribution in [0.15, 0.2) is 34.7 Å². The Morgan fingerprint density at radius 2 is 1.59 bits per heavy atom. The summed E-state index contributed by atoms with van der Waals surface area (Å²) < 4.78 is 5.49. The van der Waals surface area contributed by atoms with Gasteiger partial charge in [0.15, 0.2) is 5.89 Å². The first-order valence-electron chi connectivity index (χ1n) is 19.3. The predicted molar refractivity (Wildman–Crippen MR) is 201 cm³/mol. The highest BCUT2D eigenvalue weighted by molar-refractivity contribution is 5.98. The summed E-state index contributed by atoms with van der Waals surface area (Å²) >= 11 is 0. The number of aliphatic hydroxyl groups is 1. The topological polar surface area (TPSA) is 241 Å². The van der Waals surface area contributed by atoms with Crippen LogP contribution < -0.4 is 31.9 Å². The molecule has 1 saturated carbocycles. The van der Waals surface area contributed by atoms with E-state index in [1.54, 1.807) is 44.2 Å². The fourth-order valence-corrected chi connectivity index (χ4v) is 7.71. The lowest BCUT2D eigenvalue weighted by atomic mass is 9.98. The second-order valence-corrected chi connectivity index (χ2v) is 15.6. The van der Waals surface area contributed by atoms with Crippen molar-refractivity contribution in [1.29, 1.82) is 0 Å². The minimum atomic E-state index is -1.53. The molecule has 2 aromatic rings. The molecule has 9 atom stereocenters. The van der Waals surface area contributed by atoms with Gasteiger partial charge in [-0.1, -0.05) is 50.6 Å². The molecule has 0 radical (unpaired) electrons. The van der Waals surface area contributed by atoms with Crippen LogP contribution in [-0.4, -0.2) is 111 Å². The highest BCUT2D eigenvalue weighted by atomic mass is 16.4. The van der Waals surface area contributed by atoms with Gasteiger partial charge in [-0.25, -0.2) is 4.98 Å². The average Bonchev–Trinajstić information content (AvgIpc) is 3.87. The van der Waals surface area contributed by atoms with Crippen molar-refractivity contribution in [2.45, 2.75) is 128 Å².